The van der Waals surface area contributed by atoms with E-state index >= 15 is 0 Å². The first-order chi connectivity index (χ1) is 12.2. The highest BCUT2D eigenvalue weighted by Gasteiger charge is 2.39. The van der Waals surface area contributed by atoms with Gasteiger partial charge in [-0.2, -0.15) is 13.2 Å². The average Bonchev–Trinajstić information content (AvgIpc) is 2.80. The number of hydrogen-bond donors (Lipinski definition) is 1. The number of amides is 2. The van der Waals surface area contributed by atoms with Crippen molar-refractivity contribution in [2.24, 2.45) is 0 Å². The van der Waals surface area contributed by atoms with Gasteiger partial charge in [-0.05, 0) is 43.3 Å². The standard InChI is InChI=1S/C18H12ClF3N2O2/c1-10-2-6-12(7-3-10)23-15-14(19)16(25)24(17(15)26)13-8-4-11(5-9-13)18(20,21)22/h2-9,23H,1H3. The molecule has 0 saturated carbocycles. The summed E-state index contributed by atoms with van der Waals surface area (Å²) in [6.07, 6.45) is -4.51. The molecule has 0 bridgehead atoms. The van der Waals surface area contributed by atoms with Gasteiger partial charge in [-0.3, -0.25) is 9.59 Å². The van der Waals surface area contributed by atoms with Crippen LogP contribution in [0.3, 0.4) is 0 Å². The van der Waals surface area contributed by atoms with Gasteiger partial charge < -0.3 is 5.32 Å². The van der Waals surface area contributed by atoms with Gasteiger partial charge in [0.05, 0.1) is 11.3 Å². The Morgan fingerprint density at radius 3 is 2.04 bits per heavy atom. The number of carbonyl (C=O) groups is 2. The number of benzene rings is 2. The van der Waals surface area contributed by atoms with E-state index < -0.39 is 23.6 Å². The predicted octanol–water partition coefficient (Wildman–Crippen LogP) is 4.45. The molecule has 0 radical (unpaired) electrons. The van der Waals surface area contributed by atoms with E-state index in [1.54, 1.807) is 12.1 Å². The molecule has 0 aromatic heterocycles. The fourth-order valence-electron chi connectivity index (χ4n) is 2.43. The van der Waals surface area contributed by atoms with Crippen molar-refractivity contribution in [1.82, 2.24) is 0 Å². The maximum atomic E-state index is 12.7. The van der Waals surface area contributed by atoms with Crippen LogP contribution in [0.25, 0.3) is 0 Å². The molecule has 0 aliphatic carbocycles. The molecule has 134 valence electrons. The molecule has 2 aromatic rings. The smallest absolute Gasteiger partial charge is 0.350 e. The van der Waals surface area contributed by atoms with E-state index in [1.807, 2.05) is 19.1 Å². The van der Waals surface area contributed by atoms with Crippen LogP contribution in [0.4, 0.5) is 24.5 Å². The van der Waals surface area contributed by atoms with Gasteiger partial charge in [0.2, 0.25) is 0 Å². The van der Waals surface area contributed by atoms with Crippen molar-refractivity contribution < 1.29 is 22.8 Å². The molecule has 0 atom stereocenters. The minimum atomic E-state index is -4.51. The van der Waals surface area contributed by atoms with Crippen LogP contribution in [0, 0.1) is 6.92 Å². The summed E-state index contributed by atoms with van der Waals surface area (Å²) in [7, 11) is 0. The molecular formula is C18H12ClF3N2O2. The lowest BCUT2D eigenvalue weighted by Crippen LogP contribution is -2.32. The molecule has 3 rings (SSSR count). The predicted molar refractivity (Wildman–Crippen MR) is 91.6 cm³/mol. The first-order valence-electron chi connectivity index (χ1n) is 7.48. The molecule has 0 saturated heterocycles. The molecule has 0 fully saturated rings. The first kappa shape index (κ1) is 18.0. The lowest BCUT2D eigenvalue weighted by atomic mass is 10.2. The van der Waals surface area contributed by atoms with Gasteiger partial charge >= 0.3 is 6.18 Å². The third kappa shape index (κ3) is 3.30. The summed E-state index contributed by atoms with van der Waals surface area (Å²) in [4.78, 5) is 25.6. The number of anilines is 2. The SMILES string of the molecule is Cc1ccc(NC2=C(Cl)C(=O)N(c3ccc(C(F)(F)F)cc3)C2=O)cc1. The van der Waals surface area contributed by atoms with E-state index in [0.29, 0.717) is 5.69 Å². The van der Waals surface area contributed by atoms with Crippen LogP contribution < -0.4 is 10.2 Å². The summed E-state index contributed by atoms with van der Waals surface area (Å²) in [6.45, 7) is 1.90. The lowest BCUT2D eigenvalue weighted by Gasteiger charge is -2.16. The first-order valence-corrected chi connectivity index (χ1v) is 7.86. The van der Waals surface area contributed by atoms with Gasteiger partial charge in [-0.15, -0.1) is 0 Å². The van der Waals surface area contributed by atoms with Crippen molar-refractivity contribution in [3.63, 3.8) is 0 Å². The number of imide groups is 1. The van der Waals surface area contributed by atoms with Crippen molar-refractivity contribution in [1.29, 1.82) is 0 Å². The third-order valence-corrected chi connectivity index (χ3v) is 4.15. The molecular weight excluding hydrogens is 369 g/mol. The van der Waals surface area contributed by atoms with Crippen molar-refractivity contribution in [3.8, 4) is 0 Å². The number of hydrogen-bond acceptors (Lipinski definition) is 3. The number of carbonyl (C=O) groups excluding carboxylic acids is 2. The Morgan fingerprint density at radius 2 is 1.50 bits per heavy atom. The van der Waals surface area contributed by atoms with Crippen LogP contribution in [0.1, 0.15) is 11.1 Å². The van der Waals surface area contributed by atoms with Crippen LogP contribution in [-0.4, -0.2) is 11.8 Å². The number of nitrogens with zero attached hydrogens (tertiary/aromatic N) is 1. The Kier molecular flexibility index (Phi) is 4.50. The van der Waals surface area contributed by atoms with Crippen molar-refractivity contribution in [2.75, 3.05) is 10.2 Å². The zero-order valence-electron chi connectivity index (χ0n) is 13.4. The monoisotopic (exact) mass is 380 g/mol. The second-order valence-corrected chi connectivity index (χ2v) is 6.05. The molecule has 0 unspecified atom stereocenters. The van der Waals surface area contributed by atoms with Gasteiger partial charge in [0.15, 0.2) is 0 Å². The summed E-state index contributed by atoms with van der Waals surface area (Å²) in [5.41, 5.74) is 0.569. The fraction of sp³-hybridized carbons (Fsp3) is 0.111. The Labute approximate surface area is 151 Å². The molecule has 2 aromatic carbocycles. The average molecular weight is 381 g/mol. The lowest BCUT2D eigenvalue weighted by molar-refractivity contribution is -0.137. The van der Waals surface area contributed by atoms with Crippen LogP contribution in [0.5, 0.6) is 0 Å². The second-order valence-electron chi connectivity index (χ2n) is 5.67. The number of halogens is 4. The molecule has 1 aliphatic rings. The summed E-state index contributed by atoms with van der Waals surface area (Å²) < 4.78 is 38.0. The molecule has 1 N–H and O–H groups in total. The molecule has 1 aliphatic heterocycles. The Balaban J connectivity index is 1.87. The maximum absolute atomic E-state index is 12.7. The molecule has 26 heavy (non-hydrogen) atoms. The number of alkyl halides is 3. The van der Waals surface area contributed by atoms with Gasteiger partial charge in [0.1, 0.15) is 10.7 Å². The van der Waals surface area contributed by atoms with Gasteiger partial charge in [-0.1, -0.05) is 29.3 Å². The normalized spacial score (nSPS) is 15.0. The highest BCUT2D eigenvalue weighted by molar-refractivity contribution is 6.53. The highest BCUT2D eigenvalue weighted by atomic mass is 35.5. The molecule has 2 amide bonds. The zero-order valence-corrected chi connectivity index (χ0v) is 14.2. The Hall–Kier alpha value is -2.80. The minimum Gasteiger partial charge on any atom is -0.350 e. The van der Waals surface area contributed by atoms with Crippen LogP contribution in [-0.2, 0) is 15.8 Å². The van der Waals surface area contributed by atoms with Crippen molar-refractivity contribution in [3.05, 3.63) is 70.4 Å². The third-order valence-electron chi connectivity index (χ3n) is 3.80. The summed E-state index contributed by atoms with van der Waals surface area (Å²) in [5.74, 6) is -1.54. The number of nitrogens with one attached hydrogen (secondary N) is 1. The maximum Gasteiger partial charge on any atom is 0.416 e. The fourth-order valence-corrected chi connectivity index (χ4v) is 2.64. The van der Waals surface area contributed by atoms with Gasteiger partial charge in [-0.25, -0.2) is 4.90 Å². The van der Waals surface area contributed by atoms with E-state index in [1.165, 1.54) is 0 Å². The van der Waals surface area contributed by atoms with Crippen LogP contribution in [0.2, 0.25) is 0 Å². The molecule has 8 heteroatoms. The van der Waals surface area contributed by atoms with E-state index in [4.69, 9.17) is 11.6 Å². The van der Waals surface area contributed by atoms with Crippen molar-refractivity contribution >= 4 is 34.8 Å². The minimum absolute atomic E-state index is 0.00635. The van der Waals surface area contributed by atoms with Gasteiger partial charge in [0.25, 0.3) is 11.8 Å². The highest BCUT2D eigenvalue weighted by Crippen LogP contribution is 2.33. The largest absolute Gasteiger partial charge is 0.416 e. The summed E-state index contributed by atoms with van der Waals surface area (Å²) in [6, 6.07) is 10.8. The topological polar surface area (TPSA) is 49.4 Å². The van der Waals surface area contributed by atoms with E-state index in [9.17, 15) is 22.8 Å². The van der Waals surface area contributed by atoms with Gasteiger partial charge in [0, 0.05) is 5.69 Å². The second kappa shape index (κ2) is 6.49. The number of rotatable bonds is 3. The van der Waals surface area contributed by atoms with Crippen LogP contribution in [0.15, 0.2) is 59.3 Å². The zero-order chi connectivity index (χ0) is 19.1. The van der Waals surface area contributed by atoms with E-state index in [-0.39, 0.29) is 16.4 Å². The van der Waals surface area contributed by atoms with E-state index in [2.05, 4.69) is 5.32 Å². The summed E-state index contributed by atoms with van der Waals surface area (Å²) >= 11 is 5.98. The van der Waals surface area contributed by atoms with E-state index in [0.717, 1.165) is 34.7 Å². The van der Waals surface area contributed by atoms with Crippen molar-refractivity contribution in [2.45, 2.75) is 13.1 Å². The quantitative estimate of drug-likeness (QED) is 0.800. The molecule has 0 spiro atoms. The Bertz CT molecular complexity index is 904. The van der Waals surface area contributed by atoms with Crippen LogP contribution >= 0.6 is 11.6 Å². The number of aryl methyl sites for hydroxylation is 1. The Morgan fingerprint density at radius 1 is 0.923 bits per heavy atom. The summed E-state index contributed by atoms with van der Waals surface area (Å²) in [5, 5.41) is 2.47. The molecule has 1 heterocycles. The molecule has 4 nitrogen and oxygen atoms in total.